The van der Waals surface area contributed by atoms with Crippen LogP contribution in [0.1, 0.15) is 11.4 Å². The summed E-state index contributed by atoms with van der Waals surface area (Å²) < 4.78 is 9.05. The Kier molecular flexibility index (Phi) is 8.39. The molecular formula is C20H26ClIN6O. The Morgan fingerprint density at radius 1 is 1.28 bits per heavy atom. The number of aromatic nitrogens is 3. The second-order valence-corrected chi connectivity index (χ2v) is 6.90. The van der Waals surface area contributed by atoms with E-state index >= 15 is 0 Å². The van der Waals surface area contributed by atoms with Crippen molar-refractivity contribution in [2.75, 3.05) is 21.2 Å². The van der Waals surface area contributed by atoms with Crippen LogP contribution in [-0.4, -0.2) is 46.4 Å². The molecule has 0 atom stereocenters. The van der Waals surface area contributed by atoms with E-state index in [-0.39, 0.29) is 24.0 Å². The molecule has 0 saturated carbocycles. The van der Waals surface area contributed by atoms with Crippen molar-refractivity contribution < 1.29 is 4.74 Å². The van der Waals surface area contributed by atoms with Gasteiger partial charge in [0.15, 0.2) is 5.96 Å². The minimum Gasteiger partial charge on any atom is -0.497 e. The van der Waals surface area contributed by atoms with E-state index in [4.69, 9.17) is 16.3 Å². The summed E-state index contributed by atoms with van der Waals surface area (Å²) in [7, 11) is 7.40. The van der Waals surface area contributed by atoms with Gasteiger partial charge in [0.1, 0.15) is 5.75 Å². The molecule has 0 unspecified atom stereocenters. The lowest BCUT2D eigenvalue weighted by atomic mass is 10.3. The maximum absolute atomic E-state index is 6.07. The number of nitrogens with zero attached hydrogens (tertiary/aromatic N) is 5. The van der Waals surface area contributed by atoms with E-state index in [2.05, 4.69) is 15.4 Å². The van der Waals surface area contributed by atoms with Gasteiger partial charge in [0, 0.05) is 39.2 Å². The van der Waals surface area contributed by atoms with Gasteiger partial charge in [-0.05, 0) is 36.4 Å². The zero-order chi connectivity index (χ0) is 20.1. The predicted octanol–water partition coefficient (Wildman–Crippen LogP) is 3.70. The van der Waals surface area contributed by atoms with Crippen LogP contribution in [0.3, 0.4) is 0 Å². The quantitative estimate of drug-likeness (QED) is 0.301. The minimum atomic E-state index is 0. The lowest BCUT2D eigenvalue weighted by Gasteiger charge is -2.22. The fourth-order valence-electron chi connectivity index (χ4n) is 2.93. The van der Waals surface area contributed by atoms with Gasteiger partial charge < -0.3 is 19.5 Å². The van der Waals surface area contributed by atoms with Crippen LogP contribution >= 0.6 is 35.6 Å². The summed E-state index contributed by atoms with van der Waals surface area (Å²) in [4.78, 5) is 6.41. The number of hydrogen-bond donors (Lipinski definition) is 1. The van der Waals surface area contributed by atoms with Crippen LogP contribution in [-0.2, 0) is 20.1 Å². The van der Waals surface area contributed by atoms with Crippen molar-refractivity contribution in [2.24, 2.45) is 12.0 Å². The zero-order valence-corrected chi connectivity index (χ0v) is 20.0. The maximum atomic E-state index is 6.07. The van der Waals surface area contributed by atoms with Gasteiger partial charge in [-0.25, -0.2) is 4.68 Å². The molecule has 0 bridgehead atoms. The Labute approximate surface area is 193 Å². The number of nitrogens with one attached hydrogen (secondary N) is 1. The number of benzene rings is 1. The van der Waals surface area contributed by atoms with E-state index in [9.17, 15) is 0 Å². The van der Waals surface area contributed by atoms with Crippen molar-refractivity contribution in [1.29, 1.82) is 0 Å². The number of hydrogen-bond acceptors (Lipinski definition) is 3. The number of halogens is 2. The van der Waals surface area contributed by atoms with Crippen LogP contribution in [0, 0.1) is 0 Å². The van der Waals surface area contributed by atoms with E-state index in [1.807, 2.05) is 77.0 Å². The standard InChI is InChI=1S/C20H25ClN6O.HI/c1-22-20(26(3)14-18-11-15(21)13-25(18)2)23-12-16-9-10-27(24-16)17-5-7-19(28-4)8-6-17;/h5-11,13H,12,14H2,1-4H3,(H,22,23);1H. The molecule has 2 heterocycles. The second-order valence-electron chi connectivity index (χ2n) is 6.47. The summed E-state index contributed by atoms with van der Waals surface area (Å²) in [6.45, 7) is 1.28. The first-order chi connectivity index (χ1) is 13.5. The highest BCUT2D eigenvalue weighted by Crippen LogP contribution is 2.15. The van der Waals surface area contributed by atoms with Gasteiger partial charge in [-0.15, -0.1) is 24.0 Å². The molecule has 0 spiro atoms. The summed E-state index contributed by atoms with van der Waals surface area (Å²) in [5.41, 5.74) is 3.01. The number of ether oxygens (including phenoxy) is 1. The molecule has 3 aromatic rings. The highest BCUT2D eigenvalue weighted by molar-refractivity contribution is 14.0. The molecule has 9 heteroatoms. The summed E-state index contributed by atoms with van der Waals surface area (Å²) in [5, 5.41) is 8.71. The van der Waals surface area contributed by atoms with E-state index < -0.39 is 0 Å². The highest BCUT2D eigenvalue weighted by Gasteiger charge is 2.10. The Hall–Kier alpha value is -2.20. The largest absolute Gasteiger partial charge is 0.497 e. The van der Waals surface area contributed by atoms with Crippen LogP contribution < -0.4 is 10.1 Å². The molecule has 0 aliphatic rings. The van der Waals surface area contributed by atoms with Crippen molar-refractivity contribution in [3.8, 4) is 11.4 Å². The summed E-state index contributed by atoms with van der Waals surface area (Å²) >= 11 is 6.07. The minimum absolute atomic E-state index is 0. The summed E-state index contributed by atoms with van der Waals surface area (Å²) in [6.07, 6.45) is 3.84. The maximum Gasteiger partial charge on any atom is 0.194 e. The highest BCUT2D eigenvalue weighted by atomic mass is 127. The molecule has 156 valence electrons. The molecule has 0 amide bonds. The fourth-order valence-corrected chi connectivity index (χ4v) is 3.20. The molecule has 0 aliphatic carbocycles. The number of aryl methyl sites for hydroxylation is 1. The van der Waals surface area contributed by atoms with E-state index in [0.717, 1.165) is 33.8 Å². The third-order valence-corrected chi connectivity index (χ3v) is 4.66. The van der Waals surface area contributed by atoms with Gasteiger partial charge in [0.25, 0.3) is 0 Å². The first-order valence-corrected chi connectivity index (χ1v) is 9.29. The summed E-state index contributed by atoms with van der Waals surface area (Å²) in [5.74, 6) is 1.61. The third-order valence-electron chi connectivity index (χ3n) is 4.46. The number of aliphatic imine (C=N–C) groups is 1. The molecular weight excluding hydrogens is 503 g/mol. The molecule has 1 N–H and O–H groups in total. The molecule has 3 rings (SSSR count). The van der Waals surface area contributed by atoms with Gasteiger partial charge in [-0.2, -0.15) is 5.10 Å². The second kappa shape index (κ2) is 10.5. The normalized spacial score (nSPS) is 11.1. The van der Waals surface area contributed by atoms with Crippen molar-refractivity contribution in [2.45, 2.75) is 13.1 Å². The molecule has 1 aromatic carbocycles. The van der Waals surface area contributed by atoms with Crippen molar-refractivity contribution in [3.63, 3.8) is 0 Å². The average Bonchev–Trinajstić information content (AvgIpc) is 3.28. The molecule has 2 aromatic heterocycles. The Morgan fingerprint density at radius 3 is 2.59 bits per heavy atom. The topological polar surface area (TPSA) is 59.6 Å². The smallest absolute Gasteiger partial charge is 0.194 e. The van der Waals surface area contributed by atoms with Crippen molar-refractivity contribution in [3.05, 3.63) is 65.2 Å². The van der Waals surface area contributed by atoms with E-state index in [0.29, 0.717) is 13.1 Å². The van der Waals surface area contributed by atoms with Crippen molar-refractivity contribution >= 4 is 41.5 Å². The average molecular weight is 529 g/mol. The first kappa shape index (κ1) is 23.1. The van der Waals surface area contributed by atoms with Crippen LogP contribution in [0.25, 0.3) is 5.69 Å². The third kappa shape index (κ3) is 5.89. The monoisotopic (exact) mass is 528 g/mol. The van der Waals surface area contributed by atoms with E-state index in [1.165, 1.54) is 0 Å². The molecule has 7 nitrogen and oxygen atoms in total. The number of guanidine groups is 1. The number of methoxy groups -OCH3 is 1. The fraction of sp³-hybridized carbons (Fsp3) is 0.300. The van der Waals surface area contributed by atoms with Crippen LogP contribution in [0.5, 0.6) is 5.75 Å². The summed E-state index contributed by atoms with van der Waals surface area (Å²) in [6, 6.07) is 11.7. The Morgan fingerprint density at radius 2 is 2.00 bits per heavy atom. The van der Waals surface area contributed by atoms with Gasteiger partial charge in [-0.3, -0.25) is 4.99 Å². The molecule has 0 fully saturated rings. The lowest BCUT2D eigenvalue weighted by Crippen LogP contribution is -2.38. The predicted molar refractivity (Wildman–Crippen MR) is 128 cm³/mol. The van der Waals surface area contributed by atoms with Crippen LogP contribution in [0.4, 0.5) is 0 Å². The van der Waals surface area contributed by atoms with Gasteiger partial charge in [0.05, 0.1) is 36.6 Å². The Bertz CT molecular complexity index is 950. The molecule has 0 aliphatic heterocycles. The van der Waals surface area contributed by atoms with Gasteiger partial charge >= 0.3 is 0 Å². The molecule has 0 radical (unpaired) electrons. The first-order valence-electron chi connectivity index (χ1n) is 8.91. The van der Waals surface area contributed by atoms with Crippen LogP contribution in [0.15, 0.2) is 53.8 Å². The van der Waals surface area contributed by atoms with E-state index in [1.54, 1.807) is 14.2 Å². The Balaban J connectivity index is 0.00000300. The molecule has 0 saturated heterocycles. The zero-order valence-electron chi connectivity index (χ0n) is 17.0. The SMILES string of the molecule is CN=C(NCc1ccn(-c2ccc(OC)cc2)n1)N(C)Cc1cc(Cl)cn1C.I. The lowest BCUT2D eigenvalue weighted by molar-refractivity contribution is 0.414. The van der Waals surface area contributed by atoms with Crippen molar-refractivity contribution in [1.82, 2.24) is 24.6 Å². The van der Waals surface area contributed by atoms with Crippen LogP contribution in [0.2, 0.25) is 5.02 Å². The van der Waals surface area contributed by atoms with Gasteiger partial charge in [-0.1, -0.05) is 11.6 Å². The molecule has 29 heavy (non-hydrogen) atoms. The van der Waals surface area contributed by atoms with Gasteiger partial charge in [0.2, 0.25) is 0 Å². The number of rotatable bonds is 6.